The quantitative estimate of drug-likeness (QED) is 0.389. The van der Waals surface area contributed by atoms with Gasteiger partial charge in [0.1, 0.15) is 6.61 Å². The minimum atomic E-state index is -0.220. The molecule has 2 heterocycles. The van der Waals surface area contributed by atoms with Crippen LogP contribution in [0, 0.1) is 5.92 Å². The van der Waals surface area contributed by atoms with E-state index in [2.05, 4.69) is 25.3 Å². The van der Waals surface area contributed by atoms with Gasteiger partial charge >= 0.3 is 0 Å². The van der Waals surface area contributed by atoms with Crippen LogP contribution in [0.3, 0.4) is 0 Å². The number of fused-ring (bicyclic) bond motifs is 1. The number of nitrogens with zero attached hydrogens (tertiary/aromatic N) is 2. The topological polar surface area (TPSA) is 59.1 Å². The first-order valence-corrected chi connectivity index (χ1v) is 13.3. The van der Waals surface area contributed by atoms with Crippen molar-refractivity contribution in [3.63, 3.8) is 0 Å². The number of hydrogen-bond acceptors (Lipinski definition) is 5. The Morgan fingerprint density at radius 3 is 2.50 bits per heavy atom. The molecule has 0 N–H and O–H groups in total. The molecule has 2 aromatic carbocycles. The molecule has 1 aromatic heterocycles. The molecule has 3 aromatic rings. The molecule has 0 saturated carbocycles. The van der Waals surface area contributed by atoms with Gasteiger partial charge < -0.3 is 19.3 Å². The standard InChI is InChI=1S/C29H34N2O4S/c1-21(2)18-30(28(32)17-22-9-5-4-6-10-22)19-29(33)31-15-13-27-23(14-16-36-27)24(31)20-35-26-12-8-7-11-25(26)34-3/h4-12,14,16,21,24H,13,15,17-20H2,1-3H3/t24-/m1/s1. The average Bonchev–Trinajstić information content (AvgIpc) is 3.36. The number of benzene rings is 2. The van der Waals surface area contributed by atoms with E-state index in [1.54, 1.807) is 23.3 Å². The Morgan fingerprint density at radius 1 is 1.06 bits per heavy atom. The number of carbonyl (C=O) groups is 2. The Kier molecular flexibility index (Phi) is 8.65. The number of hydrogen-bond donors (Lipinski definition) is 0. The fourth-order valence-electron chi connectivity index (χ4n) is 4.61. The maximum absolute atomic E-state index is 13.7. The second-order valence-electron chi connectivity index (χ2n) is 9.44. The molecule has 0 fully saturated rings. The number of thiophene rings is 1. The van der Waals surface area contributed by atoms with Gasteiger partial charge in [-0.1, -0.05) is 56.3 Å². The molecule has 0 bridgehead atoms. The molecule has 0 radical (unpaired) electrons. The molecule has 6 nitrogen and oxygen atoms in total. The van der Waals surface area contributed by atoms with Crippen LogP contribution < -0.4 is 9.47 Å². The van der Waals surface area contributed by atoms with Gasteiger partial charge in [0.05, 0.1) is 26.1 Å². The van der Waals surface area contributed by atoms with Crippen molar-refractivity contribution in [3.05, 3.63) is 82.0 Å². The molecule has 0 unspecified atom stereocenters. The van der Waals surface area contributed by atoms with Crippen LogP contribution >= 0.6 is 11.3 Å². The van der Waals surface area contributed by atoms with E-state index < -0.39 is 0 Å². The van der Waals surface area contributed by atoms with Crippen LogP contribution in [0.5, 0.6) is 11.5 Å². The van der Waals surface area contributed by atoms with Crippen LogP contribution in [0.15, 0.2) is 66.0 Å². The van der Waals surface area contributed by atoms with Crippen LogP contribution in [0.2, 0.25) is 0 Å². The maximum Gasteiger partial charge on any atom is 0.242 e. The van der Waals surface area contributed by atoms with Gasteiger partial charge in [-0.15, -0.1) is 11.3 Å². The zero-order valence-electron chi connectivity index (χ0n) is 21.2. The number of ether oxygens (including phenoxy) is 2. The highest BCUT2D eigenvalue weighted by Crippen LogP contribution is 2.35. The fraction of sp³-hybridized carbons (Fsp3) is 0.379. The van der Waals surface area contributed by atoms with Crippen molar-refractivity contribution in [1.29, 1.82) is 0 Å². The third kappa shape index (κ3) is 6.26. The largest absolute Gasteiger partial charge is 0.493 e. The summed E-state index contributed by atoms with van der Waals surface area (Å²) in [4.78, 5) is 31.8. The second kappa shape index (κ2) is 12.1. The first kappa shape index (κ1) is 25.8. The van der Waals surface area contributed by atoms with E-state index >= 15 is 0 Å². The maximum atomic E-state index is 13.7. The Labute approximate surface area is 217 Å². The Morgan fingerprint density at radius 2 is 1.78 bits per heavy atom. The van der Waals surface area contributed by atoms with Crippen LogP contribution in [-0.4, -0.2) is 55.0 Å². The Hall–Kier alpha value is -3.32. The van der Waals surface area contributed by atoms with Crippen LogP contribution in [0.1, 0.15) is 35.9 Å². The highest BCUT2D eigenvalue weighted by Gasteiger charge is 2.33. The Balaban J connectivity index is 1.51. The van der Waals surface area contributed by atoms with Crippen molar-refractivity contribution in [2.24, 2.45) is 5.92 Å². The summed E-state index contributed by atoms with van der Waals surface area (Å²) >= 11 is 1.72. The first-order valence-electron chi connectivity index (χ1n) is 12.4. The second-order valence-corrected chi connectivity index (χ2v) is 10.4. The van der Waals surface area contributed by atoms with Gasteiger partial charge in [0.15, 0.2) is 11.5 Å². The van der Waals surface area contributed by atoms with Gasteiger partial charge in [-0.2, -0.15) is 0 Å². The number of amides is 2. The molecule has 1 aliphatic rings. The summed E-state index contributed by atoms with van der Waals surface area (Å²) in [7, 11) is 1.62. The van der Waals surface area contributed by atoms with Gasteiger partial charge in [-0.05, 0) is 47.0 Å². The van der Waals surface area contributed by atoms with Gasteiger partial charge in [0.25, 0.3) is 0 Å². The number of rotatable bonds is 10. The molecule has 1 aliphatic heterocycles. The molecule has 0 aliphatic carbocycles. The third-order valence-corrected chi connectivity index (χ3v) is 7.34. The molecular weight excluding hydrogens is 472 g/mol. The summed E-state index contributed by atoms with van der Waals surface area (Å²) < 4.78 is 11.6. The van der Waals surface area contributed by atoms with Crippen LogP contribution in [0.4, 0.5) is 0 Å². The predicted molar refractivity (Wildman–Crippen MR) is 143 cm³/mol. The number of carbonyl (C=O) groups excluding carboxylic acids is 2. The van der Waals surface area contributed by atoms with Crippen molar-refractivity contribution >= 4 is 23.2 Å². The fourth-order valence-corrected chi connectivity index (χ4v) is 5.54. The van der Waals surface area contributed by atoms with Crippen molar-refractivity contribution in [1.82, 2.24) is 9.80 Å². The number of methoxy groups -OCH3 is 1. The van der Waals surface area contributed by atoms with Crippen molar-refractivity contribution in [2.75, 3.05) is 33.4 Å². The smallest absolute Gasteiger partial charge is 0.242 e. The monoisotopic (exact) mass is 506 g/mol. The van der Waals surface area contributed by atoms with E-state index in [0.717, 1.165) is 17.5 Å². The molecule has 4 rings (SSSR count). The van der Waals surface area contributed by atoms with E-state index in [9.17, 15) is 9.59 Å². The van der Waals surface area contributed by atoms with Crippen molar-refractivity contribution in [2.45, 2.75) is 32.7 Å². The highest BCUT2D eigenvalue weighted by atomic mass is 32.1. The van der Waals surface area contributed by atoms with Crippen LogP contribution in [0.25, 0.3) is 0 Å². The highest BCUT2D eigenvalue weighted by molar-refractivity contribution is 7.10. The lowest BCUT2D eigenvalue weighted by Crippen LogP contribution is -2.48. The summed E-state index contributed by atoms with van der Waals surface area (Å²) in [5, 5.41) is 2.07. The van der Waals surface area contributed by atoms with Gasteiger partial charge in [0.2, 0.25) is 11.8 Å². The summed E-state index contributed by atoms with van der Waals surface area (Å²) in [5.41, 5.74) is 2.08. The Bertz CT molecular complexity index is 1160. The van der Waals surface area contributed by atoms with E-state index in [4.69, 9.17) is 9.47 Å². The molecule has 0 spiro atoms. The summed E-state index contributed by atoms with van der Waals surface area (Å²) in [6, 6.07) is 19.1. The predicted octanol–water partition coefficient (Wildman–Crippen LogP) is 4.99. The van der Waals surface area contributed by atoms with Gasteiger partial charge in [-0.25, -0.2) is 0 Å². The van der Waals surface area contributed by atoms with E-state index in [0.29, 0.717) is 31.2 Å². The summed E-state index contributed by atoms with van der Waals surface area (Å²) in [5.74, 6) is 1.48. The van der Waals surface area contributed by atoms with E-state index in [1.165, 1.54) is 4.88 Å². The minimum absolute atomic E-state index is 0.0293. The van der Waals surface area contributed by atoms with Gasteiger partial charge in [0, 0.05) is 18.0 Å². The molecule has 2 amide bonds. The molecular formula is C29H34N2O4S. The van der Waals surface area contributed by atoms with Crippen molar-refractivity contribution in [3.8, 4) is 11.5 Å². The van der Waals surface area contributed by atoms with E-state index in [-0.39, 0.29) is 36.7 Å². The summed E-state index contributed by atoms with van der Waals surface area (Å²) in [6.07, 6.45) is 1.10. The molecule has 1 atom stereocenters. The minimum Gasteiger partial charge on any atom is -0.493 e. The molecule has 0 saturated heterocycles. The lowest BCUT2D eigenvalue weighted by molar-refractivity contribution is -0.142. The van der Waals surface area contributed by atoms with Crippen LogP contribution in [-0.2, 0) is 22.4 Å². The average molecular weight is 507 g/mol. The SMILES string of the molecule is COc1ccccc1OC[C@@H]1c2ccsc2CCN1C(=O)CN(CC(C)C)C(=O)Cc1ccccc1. The number of para-hydroxylation sites is 2. The molecule has 190 valence electrons. The molecule has 36 heavy (non-hydrogen) atoms. The zero-order valence-corrected chi connectivity index (χ0v) is 22.0. The summed E-state index contributed by atoms with van der Waals surface area (Å²) in [6.45, 7) is 5.66. The first-order chi connectivity index (χ1) is 17.5. The third-order valence-electron chi connectivity index (χ3n) is 6.34. The van der Waals surface area contributed by atoms with Crippen molar-refractivity contribution < 1.29 is 19.1 Å². The molecule has 7 heteroatoms. The van der Waals surface area contributed by atoms with E-state index in [1.807, 2.05) is 59.5 Å². The van der Waals surface area contributed by atoms with Gasteiger partial charge in [-0.3, -0.25) is 9.59 Å². The lowest BCUT2D eigenvalue weighted by atomic mass is 10.00. The lowest BCUT2D eigenvalue weighted by Gasteiger charge is -2.37. The zero-order chi connectivity index (χ0) is 25.5. The normalized spacial score (nSPS) is 14.9.